The number of carbonyl (C=O) groups is 3. The minimum Gasteiger partial charge on any atom is -0.361 e. The van der Waals surface area contributed by atoms with Crippen molar-refractivity contribution in [3.8, 4) is 0 Å². The number of carbonyl (C=O) groups excluding carboxylic acids is 3. The molecule has 1 aliphatic rings. The van der Waals surface area contributed by atoms with Crippen LogP contribution >= 0.6 is 11.6 Å². The van der Waals surface area contributed by atoms with Crippen molar-refractivity contribution in [1.29, 1.82) is 0 Å². The second-order valence-corrected chi connectivity index (χ2v) is 6.78. The molecule has 2 heterocycles. The zero-order valence-electron chi connectivity index (χ0n) is 14.3. The molecule has 7 heteroatoms. The Morgan fingerprint density at radius 2 is 1.85 bits per heavy atom. The van der Waals surface area contributed by atoms with Crippen LogP contribution in [0.3, 0.4) is 0 Å². The summed E-state index contributed by atoms with van der Waals surface area (Å²) in [7, 11) is 0. The highest BCUT2D eigenvalue weighted by Gasteiger charge is 2.36. The standard InChI is InChI=1S/C20H16ClN3O3/c21-13-5-6-15-16(9-13)20(27)24(19(15)26)11-18(25)22-8-7-12-10-23-17-4-2-1-3-14(12)17/h1-6,9-10,23H,7-8,11H2,(H,22,25). The number of imide groups is 1. The summed E-state index contributed by atoms with van der Waals surface area (Å²) < 4.78 is 0. The topological polar surface area (TPSA) is 82.3 Å². The lowest BCUT2D eigenvalue weighted by Crippen LogP contribution is -2.40. The lowest BCUT2D eigenvalue weighted by Gasteiger charge is -2.13. The molecule has 3 amide bonds. The molecule has 3 aromatic rings. The Kier molecular flexibility index (Phi) is 4.41. The smallest absolute Gasteiger partial charge is 0.262 e. The van der Waals surface area contributed by atoms with Gasteiger partial charge in [0.15, 0.2) is 0 Å². The van der Waals surface area contributed by atoms with E-state index in [4.69, 9.17) is 11.6 Å². The third kappa shape index (κ3) is 3.19. The maximum atomic E-state index is 12.4. The number of hydrogen-bond acceptors (Lipinski definition) is 3. The first-order valence-electron chi connectivity index (χ1n) is 8.52. The van der Waals surface area contributed by atoms with Crippen LogP contribution in [-0.4, -0.2) is 40.7 Å². The Bertz CT molecular complexity index is 1070. The summed E-state index contributed by atoms with van der Waals surface area (Å²) in [6.07, 6.45) is 2.57. The van der Waals surface area contributed by atoms with E-state index in [9.17, 15) is 14.4 Å². The molecular formula is C20H16ClN3O3. The Balaban J connectivity index is 1.36. The van der Waals surface area contributed by atoms with Crippen molar-refractivity contribution in [2.24, 2.45) is 0 Å². The van der Waals surface area contributed by atoms with Crippen LogP contribution in [0.15, 0.2) is 48.7 Å². The second-order valence-electron chi connectivity index (χ2n) is 6.35. The molecule has 0 unspecified atom stereocenters. The van der Waals surface area contributed by atoms with Crippen LogP contribution in [0.1, 0.15) is 26.3 Å². The first kappa shape index (κ1) is 17.3. The number of aromatic amines is 1. The Labute approximate surface area is 160 Å². The number of rotatable bonds is 5. The average molecular weight is 382 g/mol. The molecule has 0 atom stereocenters. The molecule has 136 valence electrons. The van der Waals surface area contributed by atoms with Gasteiger partial charge in [-0.05, 0) is 36.2 Å². The van der Waals surface area contributed by atoms with Crippen LogP contribution in [0, 0.1) is 0 Å². The van der Waals surface area contributed by atoms with Crippen molar-refractivity contribution >= 4 is 40.2 Å². The number of nitrogens with one attached hydrogen (secondary N) is 2. The van der Waals surface area contributed by atoms with Crippen molar-refractivity contribution in [3.63, 3.8) is 0 Å². The van der Waals surface area contributed by atoms with Gasteiger partial charge in [0.05, 0.1) is 11.1 Å². The highest BCUT2D eigenvalue weighted by Crippen LogP contribution is 2.25. The van der Waals surface area contributed by atoms with E-state index in [0.29, 0.717) is 18.0 Å². The minimum absolute atomic E-state index is 0.235. The number of aromatic nitrogens is 1. The number of halogens is 1. The van der Waals surface area contributed by atoms with Gasteiger partial charge in [-0.3, -0.25) is 19.3 Å². The first-order chi connectivity index (χ1) is 13.0. The molecule has 1 aromatic heterocycles. The van der Waals surface area contributed by atoms with Crippen LogP contribution in [0.4, 0.5) is 0 Å². The molecule has 4 rings (SSSR count). The zero-order valence-corrected chi connectivity index (χ0v) is 15.0. The summed E-state index contributed by atoms with van der Waals surface area (Å²) in [5.41, 5.74) is 2.65. The molecule has 0 saturated heterocycles. The summed E-state index contributed by atoms with van der Waals surface area (Å²) >= 11 is 5.88. The van der Waals surface area contributed by atoms with Gasteiger partial charge in [-0.2, -0.15) is 0 Å². The van der Waals surface area contributed by atoms with Gasteiger partial charge in [-0.15, -0.1) is 0 Å². The maximum Gasteiger partial charge on any atom is 0.262 e. The van der Waals surface area contributed by atoms with Gasteiger partial charge in [0.25, 0.3) is 11.8 Å². The van der Waals surface area contributed by atoms with Crippen molar-refractivity contribution in [2.45, 2.75) is 6.42 Å². The lowest BCUT2D eigenvalue weighted by atomic mass is 10.1. The van der Waals surface area contributed by atoms with Gasteiger partial charge in [0, 0.05) is 28.7 Å². The van der Waals surface area contributed by atoms with E-state index in [-0.39, 0.29) is 23.6 Å². The van der Waals surface area contributed by atoms with E-state index in [1.54, 1.807) is 6.07 Å². The quantitative estimate of drug-likeness (QED) is 0.667. The third-order valence-electron chi connectivity index (χ3n) is 4.63. The fourth-order valence-corrected chi connectivity index (χ4v) is 3.45. The molecule has 0 fully saturated rings. The van der Waals surface area contributed by atoms with Crippen molar-refractivity contribution < 1.29 is 14.4 Å². The Morgan fingerprint density at radius 3 is 2.70 bits per heavy atom. The molecule has 0 spiro atoms. The highest BCUT2D eigenvalue weighted by molar-refractivity contribution is 6.32. The number of H-pyrrole nitrogens is 1. The number of para-hydroxylation sites is 1. The van der Waals surface area contributed by atoms with Crippen molar-refractivity contribution in [2.75, 3.05) is 13.1 Å². The van der Waals surface area contributed by atoms with Gasteiger partial charge in [0.1, 0.15) is 6.54 Å². The van der Waals surface area contributed by atoms with Crippen LogP contribution in [0.2, 0.25) is 5.02 Å². The van der Waals surface area contributed by atoms with Crippen molar-refractivity contribution in [1.82, 2.24) is 15.2 Å². The molecule has 1 aliphatic heterocycles. The van der Waals surface area contributed by atoms with Crippen LogP contribution in [-0.2, 0) is 11.2 Å². The molecule has 6 nitrogen and oxygen atoms in total. The number of nitrogens with zero attached hydrogens (tertiary/aromatic N) is 1. The van der Waals surface area contributed by atoms with Gasteiger partial charge < -0.3 is 10.3 Å². The van der Waals surface area contributed by atoms with E-state index in [1.165, 1.54) is 12.1 Å². The van der Waals surface area contributed by atoms with Crippen molar-refractivity contribution in [3.05, 3.63) is 70.4 Å². The van der Waals surface area contributed by atoms with E-state index in [0.717, 1.165) is 21.4 Å². The van der Waals surface area contributed by atoms with Gasteiger partial charge in [-0.1, -0.05) is 29.8 Å². The molecule has 0 bridgehead atoms. The minimum atomic E-state index is -0.496. The normalized spacial score (nSPS) is 13.3. The van der Waals surface area contributed by atoms with Gasteiger partial charge in [0.2, 0.25) is 5.91 Å². The van der Waals surface area contributed by atoms with E-state index in [1.807, 2.05) is 30.5 Å². The SMILES string of the molecule is O=C(CN1C(=O)c2ccc(Cl)cc2C1=O)NCCc1c[nH]c2ccccc12. The summed E-state index contributed by atoms with van der Waals surface area (Å²) in [5, 5.41) is 4.26. The predicted octanol–water partition coefficient (Wildman–Crippen LogP) is 2.78. The molecule has 2 aromatic carbocycles. The highest BCUT2D eigenvalue weighted by atomic mass is 35.5. The summed E-state index contributed by atoms with van der Waals surface area (Å²) in [4.78, 5) is 41.0. The molecular weight excluding hydrogens is 366 g/mol. The fourth-order valence-electron chi connectivity index (χ4n) is 3.28. The fraction of sp³-hybridized carbons (Fsp3) is 0.150. The van der Waals surface area contributed by atoms with Crippen LogP contribution in [0.25, 0.3) is 10.9 Å². The largest absolute Gasteiger partial charge is 0.361 e. The monoisotopic (exact) mass is 381 g/mol. The zero-order chi connectivity index (χ0) is 19.0. The van der Waals surface area contributed by atoms with Gasteiger partial charge >= 0.3 is 0 Å². The lowest BCUT2D eigenvalue weighted by molar-refractivity contribution is -0.121. The third-order valence-corrected chi connectivity index (χ3v) is 4.86. The Morgan fingerprint density at radius 1 is 1.07 bits per heavy atom. The van der Waals surface area contributed by atoms with E-state index >= 15 is 0 Å². The van der Waals surface area contributed by atoms with Crippen LogP contribution in [0.5, 0.6) is 0 Å². The molecule has 0 radical (unpaired) electrons. The molecule has 2 N–H and O–H groups in total. The molecule has 0 saturated carbocycles. The Hall–Kier alpha value is -3.12. The summed E-state index contributed by atoms with van der Waals surface area (Å²) in [5.74, 6) is -1.35. The predicted molar refractivity (Wildman–Crippen MR) is 102 cm³/mol. The average Bonchev–Trinajstić information content (AvgIpc) is 3.17. The second kappa shape index (κ2) is 6.89. The molecule has 27 heavy (non-hydrogen) atoms. The summed E-state index contributed by atoms with van der Waals surface area (Å²) in [6, 6.07) is 12.4. The number of hydrogen-bond donors (Lipinski definition) is 2. The van der Waals surface area contributed by atoms with Crippen LogP contribution < -0.4 is 5.32 Å². The van der Waals surface area contributed by atoms with E-state index < -0.39 is 11.8 Å². The maximum absolute atomic E-state index is 12.4. The summed E-state index contributed by atoms with van der Waals surface area (Å²) in [6.45, 7) is 0.105. The first-order valence-corrected chi connectivity index (χ1v) is 8.90. The number of benzene rings is 2. The van der Waals surface area contributed by atoms with Gasteiger partial charge in [-0.25, -0.2) is 0 Å². The number of amides is 3. The van der Waals surface area contributed by atoms with E-state index in [2.05, 4.69) is 10.3 Å². The number of fused-ring (bicyclic) bond motifs is 2. The molecule has 0 aliphatic carbocycles.